The minimum atomic E-state index is 1.07. The monoisotopic (exact) mass is 270 g/mol. The van der Waals surface area contributed by atoms with E-state index in [1.165, 1.54) is 11.1 Å². The van der Waals surface area contributed by atoms with E-state index in [2.05, 4.69) is 53.9 Å². The minimum absolute atomic E-state index is 1.07. The molecule has 0 saturated carbocycles. The third-order valence-corrected chi connectivity index (χ3v) is 2.29. The Balaban J connectivity index is 3.12. The summed E-state index contributed by atoms with van der Waals surface area (Å²) in [6, 6.07) is 8.26. The van der Waals surface area contributed by atoms with Gasteiger partial charge in [-0.1, -0.05) is 36.9 Å². The number of hydrogen-bond donors (Lipinski definition) is 0. The maximum atomic E-state index is 3.89. The van der Waals surface area contributed by atoms with Crippen LogP contribution in [-0.2, 0) is 0 Å². The van der Waals surface area contributed by atoms with Crippen molar-refractivity contribution in [2.75, 3.05) is 0 Å². The summed E-state index contributed by atoms with van der Waals surface area (Å²) in [5.74, 6) is 0. The van der Waals surface area contributed by atoms with Crippen molar-refractivity contribution in [3.05, 3.63) is 48.6 Å². The second-order valence-corrected chi connectivity index (χ2v) is 4.07. The average Bonchev–Trinajstić information content (AvgIpc) is 2.04. The Kier molecular flexibility index (Phi) is 3.09. The highest BCUT2D eigenvalue weighted by atomic mass is 127. The Morgan fingerprint density at radius 3 is 2.33 bits per heavy atom. The molecule has 0 amide bonds. The molecule has 0 bridgehead atoms. The molecule has 0 spiro atoms. The predicted octanol–water partition coefficient (Wildman–Crippen LogP) is 4.13. The lowest BCUT2D eigenvalue weighted by atomic mass is 10.1. The van der Waals surface area contributed by atoms with Gasteiger partial charge >= 0.3 is 0 Å². The molecule has 12 heavy (non-hydrogen) atoms. The Labute approximate surface area is 87.1 Å². The molecule has 0 aliphatic carbocycles. The third kappa shape index (κ3) is 2.21. The highest BCUT2D eigenvalue weighted by molar-refractivity contribution is 14.1. The summed E-state index contributed by atoms with van der Waals surface area (Å²) in [7, 11) is 0. The van der Waals surface area contributed by atoms with Crippen LogP contribution in [0.15, 0.2) is 37.4 Å². The van der Waals surface area contributed by atoms with E-state index in [4.69, 9.17) is 0 Å². The van der Waals surface area contributed by atoms with Crippen LogP contribution >= 0.6 is 22.6 Å². The first-order chi connectivity index (χ1) is 5.61. The third-order valence-electron chi connectivity index (χ3n) is 1.67. The van der Waals surface area contributed by atoms with Gasteiger partial charge in [-0.25, -0.2) is 0 Å². The SMILES string of the molecule is C=C(C)c1cccc(C(=C)I)c1. The van der Waals surface area contributed by atoms with Gasteiger partial charge in [-0.2, -0.15) is 0 Å². The molecule has 0 aromatic heterocycles. The van der Waals surface area contributed by atoms with Crippen molar-refractivity contribution < 1.29 is 0 Å². The lowest BCUT2D eigenvalue weighted by Crippen LogP contribution is -1.80. The standard InChI is InChI=1S/C11H11I/c1-8(2)10-5-4-6-11(7-10)9(3)12/h4-7H,1,3H2,2H3. The zero-order valence-electron chi connectivity index (χ0n) is 7.10. The largest absolute Gasteiger partial charge is 0.0955 e. The fourth-order valence-electron chi connectivity index (χ4n) is 0.953. The Morgan fingerprint density at radius 1 is 1.25 bits per heavy atom. The van der Waals surface area contributed by atoms with Crippen LogP contribution in [-0.4, -0.2) is 0 Å². The van der Waals surface area contributed by atoms with Gasteiger partial charge in [-0.15, -0.1) is 0 Å². The fraction of sp³-hybridized carbons (Fsp3) is 0.0909. The van der Waals surface area contributed by atoms with Crippen LogP contribution in [0, 0.1) is 0 Å². The first kappa shape index (κ1) is 9.52. The van der Waals surface area contributed by atoms with Crippen molar-refractivity contribution >= 4 is 31.7 Å². The molecule has 0 radical (unpaired) electrons. The van der Waals surface area contributed by atoms with Gasteiger partial charge in [0.05, 0.1) is 0 Å². The van der Waals surface area contributed by atoms with Gasteiger partial charge in [-0.05, 0) is 46.7 Å². The van der Waals surface area contributed by atoms with E-state index in [1.807, 2.05) is 13.0 Å². The van der Waals surface area contributed by atoms with Crippen LogP contribution in [0.5, 0.6) is 0 Å². The highest BCUT2D eigenvalue weighted by Crippen LogP contribution is 2.22. The topological polar surface area (TPSA) is 0 Å². The molecule has 1 aromatic rings. The van der Waals surface area contributed by atoms with Gasteiger partial charge in [-0.3, -0.25) is 0 Å². The smallest absolute Gasteiger partial charge is 0.0131 e. The average molecular weight is 270 g/mol. The van der Waals surface area contributed by atoms with Crippen LogP contribution in [0.4, 0.5) is 0 Å². The fourth-order valence-corrected chi connectivity index (χ4v) is 1.29. The van der Waals surface area contributed by atoms with E-state index in [1.54, 1.807) is 0 Å². The molecule has 1 aromatic carbocycles. The van der Waals surface area contributed by atoms with Crippen LogP contribution in [0.2, 0.25) is 0 Å². The van der Waals surface area contributed by atoms with Gasteiger partial charge in [0.1, 0.15) is 0 Å². The number of hydrogen-bond acceptors (Lipinski definition) is 0. The lowest BCUT2D eigenvalue weighted by molar-refractivity contribution is 1.56. The molecule has 0 nitrogen and oxygen atoms in total. The first-order valence-corrected chi connectivity index (χ1v) is 4.80. The number of halogens is 1. The van der Waals surface area contributed by atoms with Crippen LogP contribution in [0.25, 0.3) is 9.15 Å². The molecule has 0 fully saturated rings. The second-order valence-electron chi connectivity index (χ2n) is 2.77. The van der Waals surface area contributed by atoms with Gasteiger partial charge in [0.25, 0.3) is 0 Å². The highest BCUT2D eigenvalue weighted by Gasteiger charge is 1.96. The van der Waals surface area contributed by atoms with Gasteiger partial charge in [0, 0.05) is 3.58 Å². The summed E-state index contributed by atoms with van der Waals surface area (Å²) in [6.45, 7) is 9.79. The lowest BCUT2D eigenvalue weighted by Gasteiger charge is -2.02. The van der Waals surface area contributed by atoms with E-state index >= 15 is 0 Å². The summed E-state index contributed by atoms with van der Waals surface area (Å²) in [5, 5.41) is 0. The Bertz CT molecular complexity index is 294. The van der Waals surface area contributed by atoms with Crippen LogP contribution in [0.3, 0.4) is 0 Å². The molecule has 1 rings (SSSR count). The maximum Gasteiger partial charge on any atom is 0.0131 e. The van der Waals surface area contributed by atoms with Gasteiger partial charge < -0.3 is 0 Å². The van der Waals surface area contributed by atoms with E-state index in [-0.39, 0.29) is 0 Å². The Morgan fingerprint density at radius 2 is 1.83 bits per heavy atom. The zero-order chi connectivity index (χ0) is 9.14. The minimum Gasteiger partial charge on any atom is -0.0955 e. The number of rotatable bonds is 2. The van der Waals surface area contributed by atoms with E-state index in [0.717, 1.165) is 9.15 Å². The molecule has 0 atom stereocenters. The van der Waals surface area contributed by atoms with Crippen molar-refractivity contribution in [3.8, 4) is 0 Å². The summed E-state index contributed by atoms with van der Waals surface area (Å²) in [4.78, 5) is 0. The molecular formula is C11H11I. The van der Waals surface area contributed by atoms with Crippen LogP contribution < -0.4 is 0 Å². The predicted molar refractivity (Wildman–Crippen MR) is 64.2 cm³/mol. The van der Waals surface area contributed by atoms with Crippen molar-refractivity contribution in [2.24, 2.45) is 0 Å². The summed E-state index contributed by atoms with van der Waals surface area (Å²) in [5.41, 5.74) is 3.45. The van der Waals surface area contributed by atoms with E-state index in [9.17, 15) is 0 Å². The normalized spacial score (nSPS) is 9.50. The maximum absolute atomic E-state index is 3.89. The molecule has 62 valence electrons. The zero-order valence-corrected chi connectivity index (χ0v) is 9.26. The molecule has 0 aliphatic rings. The molecule has 0 N–H and O–H groups in total. The Hall–Kier alpha value is -0.570. The van der Waals surface area contributed by atoms with E-state index < -0.39 is 0 Å². The molecule has 0 saturated heterocycles. The van der Waals surface area contributed by atoms with Crippen molar-refractivity contribution in [1.82, 2.24) is 0 Å². The molecule has 0 aliphatic heterocycles. The summed E-state index contributed by atoms with van der Waals surface area (Å²) >= 11 is 2.22. The quantitative estimate of drug-likeness (QED) is 0.709. The summed E-state index contributed by atoms with van der Waals surface area (Å²) in [6.07, 6.45) is 0. The van der Waals surface area contributed by atoms with Crippen molar-refractivity contribution in [1.29, 1.82) is 0 Å². The molecular weight excluding hydrogens is 259 g/mol. The molecule has 1 heteroatoms. The van der Waals surface area contributed by atoms with Crippen LogP contribution in [0.1, 0.15) is 18.1 Å². The van der Waals surface area contributed by atoms with E-state index in [0.29, 0.717) is 0 Å². The van der Waals surface area contributed by atoms with Gasteiger partial charge in [0.15, 0.2) is 0 Å². The second kappa shape index (κ2) is 3.90. The molecule has 0 unspecified atom stereocenters. The summed E-state index contributed by atoms with van der Waals surface area (Å²) < 4.78 is 1.07. The number of benzene rings is 1. The van der Waals surface area contributed by atoms with Crippen molar-refractivity contribution in [3.63, 3.8) is 0 Å². The first-order valence-electron chi connectivity index (χ1n) is 3.72. The molecule has 0 heterocycles. The van der Waals surface area contributed by atoms with Gasteiger partial charge in [0.2, 0.25) is 0 Å². The van der Waals surface area contributed by atoms with Crippen molar-refractivity contribution in [2.45, 2.75) is 6.92 Å². The number of allylic oxidation sites excluding steroid dienone is 1.